The van der Waals surface area contributed by atoms with Crippen molar-refractivity contribution in [2.75, 3.05) is 44.3 Å². The molecule has 0 radical (unpaired) electrons. The van der Waals surface area contributed by atoms with Crippen LogP contribution < -0.4 is 4.90 Å². The summed E-state index contributed by atoms with van der Waals surface area (Å²) < 4.78 is 32.9. The number of fused-ring (bicyclic) bond motifs is 1. The van der Waals surface area contributed by atoms with Crippen molar-refractivity contribution in [3.05, 3.63) is 59.7 Å². The molecular formula is C21H21F2N3O2S. The number of carbonyl (C=O) groups is 1. The summed E-state index contributed by atoms with van der Waals surface area (Å²) in [4.78, 5) is 21.6. The minimum atomic E-state index is -0.393. The highest BCUT2D eigenvalue weighted by molar-refractivity contribution is 7.22. The van der Waals surface area contributed by atoms with Crippen LogP contribution in [-0.2, 0) is 4.74 Å². The Kier molecular flexibility index (Phi) is 6.13. The zero-order valence-corrected chi connectivity index (χ0v) is 16.6. The molecule has 0 N–H and O–H groups in total. The highest BCUT2D eigenvalue weighted by Crippen LogP contribution is 2.30. The lowest BCUT2D eigenvalue weighted by molar-refractivity contribution is 0.0376. The largest absolute Gasteiger partial charge is 0.379 e. The molecule has 0 aliphatic carbocycles. The van der Waals surface area contributed by atoms with Crippen molar-refractivity contribution < 1.29 is 18.3 Å². The summed E-state index contributed by atoms with van der Waals surface area (Å²) in [5.74, 6) is -0.973. The molecule has 1 aliphatic heterocycles. The Bertz CT molecular complexity index is 987. The molecule has 0 unspecified atom stereocenters. The molecule has 0 atom stereocenters. The molecule has 0 bridgehead atoms. The molecule has 1 fully saturated rings. The van der Waals surface area contributed by atoms with E-state index in [-0.39, 0.29) is 11.7 Å². The van der Waals surface area contributed by atoms with Gasteiger partial charge < -0.3 is 4.74 Å². The lowest BCUT2D eigenvalue weighted by Crippen LogP contribution is -2.39. The number of thiazole rings is 1. The molecule has 29 heavy (non-hydrogen) atoms. The van der Waals surface area contributed by atoms with Gasteiger partial charge in [0, 0.05) is 31.7 Å². The molecule has 1 aromatic heterocycles. The fourth-order valence-corrected chi connectivity index (χ4v) is 4.33. The minimum Gasteiger partial charge on any atom is -0.379 e. The van der Waals surface area contributed by atoms with Crippen LogP contribution in [0.5, 0.6) is 0 Å². The van der Waals surface area contributed by atoms with Gasteiger partial charge in [0.1, 0.15) is 11.6 Å². The third-order valence-electron chi connectivity index (χ3n) is 4.87. The molecule has 3 aromatic rings. The number of nitrogens with zero attached hydrogens (tertiary/aromatic N) is 3. The first kappa shape index (κ1) is 19.9. The number of rotatable bonds is 6. The van der Waals surface area contributed by atoms with Gasteiger partial charge in [-0.2, -0.15) is 0 Å². The SMILES string of the molecule is O=C(c1ccc(F)cc1)N(CCCN1CCOCC1)c1nc2ccc(F)cc2s1. The van der Waals surface area contributed by atoms with Crippen LogP contribution in [0.25, 0.3) is 10.2 Å². The number of amides is 1. The van der Waals surface area contributed by atoms with E-state index in [4.69, 9.17) is 4.74 Å². The Balaban J connectivity index is 1.56. The summed E-state index contributed by atoms with van der Waals surface area (Å²) in [7, 11) is 0. The fourth-order valence-electron chi connectivity index (χ4n) is 3.31. The molecule has 2 heterocycles. The predicted molar refractivity (Wildman–Crippen MR) is 110 cm³/mol. The summed E-state index contributed by atoms with van der Waals surface area (Å²) in [5, 5.41) is 0.516. The number of hydrogen-bond donors (Lipinski definition) is 0. The first-order chi connectivity index (χ1) is 14.1. The van der Waals surface area contributed by atoms with E-state index in [1.54, 1.807) is 11.0 Å². The number of halogens is 2. The van der Waals surface area contributed by atoms with Crippen molar-refractivity contribution in [2.45, 2.75) is 6.42 Å². The van der Waals surface area contributed by atoms with Crippen LogP contribution in [0.1, 0.15) is 16.8 Å². The maximum Gasteiger partial charge on any atom is 0.260 e. The highest BCUT2D eigenvalue weighted by atomic mass is 32.1. The van der Waals surface area contributed by atoms with Gasteiger partial charge in [-0.1, -0.05) is 11.3 Å². The first-order valence-corrected chi connectivity index (χ1v) is 10.4. The summed E-state index contributed by atoms with van der Waals surface area (Å²) >= 11 is 1.28. The average Bonchev–Trinajstić information content (AvgIpc) is 3.15. The Labute approximate surface area is 171 Å². The first-order valence-electron chi connectivity index (χ1n) is 9.54. The van der Waals surface area contributed by atoms with E-state index in [9.17, 15) is 13.6 Å². The highest BCUT2D eigenvalue weighted by Gasteiger charge is 2.22. The van der Waals surface area contributed by atoms with E-state index in [0.717, 1.165) is 39.3 Å². The molecule has 0 spiro atoms. The van der Waals surface area contributed by atoms with Gasteiger partial charge >= 0.3 is 0 Å². The van der Waals surface area contributed by atoms with Crippen LogP contribution in [0.4, 0.5) is 13.9 Å². The minimum absolute atomic E-state index is 0.244. The zero-order chi connectivity index (χ0) is 20.2. The lowest BCUT2D eigenvalue weighted by atomic mass is 10.2. The second-order valence-corrected chi connectivity index (χ2v) is 7.89. The van der Waals surface area contributed by atoms with Crippen LogP contribution >= 0.6 is 11.3 Å². The van der Waals surface area contributed by atoms with Crippen molar-refractivity contribution >= 4 is 32.6 Å². The van der Waals surface area contributed by atoms with E-state index in [0.29, 0.717) is 27.5 Å². The van der Waals surface area contributed by atoms with Crippen LogP contribution in [0.15, 0.2) is 42.5 Å². The molecule has 1 aliphatic rings. The second-order valence-electron chi connectivity index (χ2n) is 6.88. The number of benzene rings is 2. The summed E-state index contributed by atoms with van der Waals surface area (Å²) in [6, 6.07) is 9.87. The normalized spacial score (nSPS) is 15.0. The Morgan fingerprint density at radius 1 is 1.10 bits per heavy atom. The number of hydrogen-bond acceptors (Lipinski definition) is 5. The Morgan fingerprint density at radius 3 is 2.59 bits per heavy atom. The second kappa shape index (κ2) is 8.94. The predicted octanol–water partition coefficient (Wildman–Crippen LogP) is 3.94. The molecule has 0 saturated carbocycles. The number of aromatic nitrogens is 1. The van der Waals surface area contributed by atoms with Gasteiger partial charge in [0.15, 0.2) is 5.13 Å². The summed E-state index contributed by atoms with van der Waals surface area (Å²) in [6.45, 7) is 4.52. The van der Waals surface area contributed by atoms with E-state index in [1.165, 1.54) is 47.7 Å². The monoisotopic (exact) mass is 417 g/mol. The quantitative estimate of drug-likeness (QED) is 0.610. The van der Waals surface area contributed by atoms with Crippen molar-refractivity contribution in [2.24, 2.45) is 0 Å². The molecule has 4 rings (SSSR count). The van der Waals surface area contributed by atoms with Gasteiger partial charge in [-0.05, 0) is 48.9 Å². The van der Waals surface area contributed by atoms with Crippen LogP contribution in [0, 0.1) is 11.6 Å². The Hall–Kier alpha value is -2.42. The van der Waals surface area contributed by atoms with Crippen molar-refractivity contribution in [3.8, 4) is 0 Å². The fraction of sp³-hybridized carbons (Fsp3) is 0.333. The van der Waals surface area contributed by atoms with Crippen LogP contribution in [-0.4, -0.2) is 55.2 Å². The molecular weight excluding hydrogens is 396 g/mol. The molecule has 1 amide bonds. The van der Waals surface area contributed by atoms with Gasteiger partial charge in [0.25, 0.3) is 5.91 Å². The molecule has 1 saturated heterocycles. The van der Waals surface area contributed by atoms with Crippen LogP contribution in [0.2, 0.25) is 0 Å². The van der Waals surface area contributed by atoms with E-state index >= 15 is 0 Å². The van der Waals surface area contributed by atoms with Crippen molar-refractivity contribution in [1.29, 1.82) is 0 Å². The average molecular weight is 417 g/mol. The van der Waals surface area contributed by atoms with E-state index < -0.39 is 5.82 Å². The van der Waals surface area contributed by atoms with Gasteiger partial charge in [-0.25, -0.2) is 13.8 Å². The number of carbonyl (C=O) groups excluding carboxylic acids is 1. The van der Waals surface area contributed by atoms with Gasteiger partial charge in [-0.3, -0.25) is 14.6 Å². The van der Waals surface area contributed by atoms with Crippen molar-refractivity contribution in [3.63, 3.8) is 0 Å². The molecule has 5 nitrogen and oxygen atoms in total. The third kappa shape index (κ3) is 4.77. The number of anilines is 1. The van der Waals surface area contributed by atoms with E-state index in [2.05, 4.69) is 9.88 Å². The number of morpholine rings is 1. The lowest BCUT2D eigenvalue weighted by Gasteiger charge is -2.27. The smallest absolute Gasteiger partial charge is 0.260 e. The maximum absolute atomic E-state index is 13.6. The zero-order valence-electron chi connectivity index (χ0n) is 15.8. The maximum atomic E-state index is 13.6. The number of ether oxygens (including phenoxy) is 1. The summed E-state index contributed by atoms with van der Waals surface area (Å²) in [6.07, 6.45) is 0.761. The topological polar surface area (TPSA) is 45.7 Å². The standard InChI is InChI=1S/C21H21F2N3O2S/c22-16-4-2-15(3-5-16)20(27)26(9-1-8-25-10-12-28-13-11-25)21-24-18-7-6-17(23)14-19(18)29-21/h2-7,14H,1,8-13H2. The van der Waals surface area contributed by atoms with E-state index in [1.807, 2.05) is 0 Å². The van der Waals surface area contributed by atoms with Gasteiger partial charge in [0.05, 0.1) is 23.4 Å². The molecule has 152 valence electrons. The molecule has 8 heteroatoms. The molecule has 2 aromatic carbocycles. The van der Waals surface area contributed by atoms with Crippen LogP contribution in [0.3, 0.4) is 0 Å². The van der Waals surface area contributed by atoms with Gasteiger partial charge in [-0.15, -0.1) is 0 Å². The Morgan fingerprint density at radius 2 is 1.83 bits per heavy atom. The van der Waals surface area contributed by atoms with Gasteiger partial charge in [0.2, 0.25) is 0 Å². The summed E-state index contributed by atoms with van der Waals surface area (Å²) in [5.41, 5.74) is 1.04. The van der Waals surface area contributed by atoms with Crippen molar-refractivity contribution in [1.82, 2.24) is 9.88 Å². The third-order valence-corrected chi connectivity index (χ3v) is 5.91.